The Morgan fingerprint density at radius 3 is 1.17 bits per heavy atom. The molecule has 0 amide bonds. The molecule has 2 aromatic rings. The van der Waals surface area contributed by atoms with Crippen molar-refractivity contribution in [3.63, 3.8) is 0 Å². The van der Waals surface area contributed by atoms with Gasteiger partial charge in [-0.25, -0.2) is 0 Å². The molecule has 0 bridgehead atoms. The number of benzene rings is 2. The number of rotatable bonds is 21. The predicted octanol–water partition coefficient (Wildman–Crippen LogP) is 13.0. The first-order valence-corrected chi connectivity index (χ1v) is 24.7. The minimum Gasteiger partial charge on any atom is -0.252 e. The predicted molar refractivity (Wildman–Crippen MR) is 198 cm³/mol. The second-order valence-corrected chi connectivity index (χ2v) is 26.1. The molecule has 0 aromatic heterocycles. The van der Waals surface area contributed by atoms with Crippen molar-refractivity contribution in [1.29, 1.82) is 0 Å². The first-order chi connectivity index (χ1) is 20.0. The first-order valence-electron chi connectivity index (χ1n) is 17.3. The molecule has 0 fully saturated rings. The van der Waals surface area contributed by atoms with Gasteiger partial charge in [0.15, 0.2) is 0 Å². The number of unbranched alkanes of at least 4 members (excludes halogenated alkanes) is 8. The number of aryl methyl sites for hydroxylation is 2. The lowest BCUT2D eigenvalue weighted by Crippen LogP contribution is -2.19. The molecule has 234 valence electrons. The van der Waals surface area contributed by atoms with Gasteiger partial charge in [0.1, 0.15) is 0 Å². The van der Waals surface area contributed by atoms with Gasteiger partial charge in [-0.3, -0.25) is 9.98 Å². The van der Waals surface area contributed by atoms with Crippen molar-refractivity contribution in [2.45, 2.75) is 155 Å². The maximum absolute atomic E-state index is 5.31. The van der Waals surface area contributed by atoms with Crippen LogP contribution in [0.2, 0.25) is 51.4 Å². The Hall–Kier alpha value is -1.79. The molecule has 42 heavy (non-hydrogen) atoms. The normalized spacial score (nSPS) is 13.1. The summed E-state index contributed by atoms with van der Waals surface area (Å²) in [5, 5.41) is 0. The minimum atomic E-state index is -1.04. The van der Waals surface area contributed by atoms with Gasteiger partial charge in [-0.15, -0.1) is 0 Å². The van der Waals surface area contributed by atoms with E-state index < -0.39 is 16.1 Å². The maximum Gasteiger partial charge on any atom is 0.0633 e. The second-order valence-electron chi connectivity index (χ2n) is 14.9. The van der Waals surface area contributed by atoms with Crippen LogP contribution < -0.4 is 0 Å². The third kappa shape index (κ3) is 16.7. The highest BCUT2D eigenvalue weighted by atomic mass is 28.3. The van der Waals surface area contributed by atoms with Crippen molar-refractivity contribution in [2.24, 2.45) is 9.98 Å². The molecule has 0 saturated heterocycles. The average molecular weight is 605 g/mol. The Kier molecular flexibility index (Phi) is 16.9. The van der Waals surface area contributed by atoms with Gasteiger partial charge >= 0.3 is 0 Å². The van der Waals surface area contributed by atoms with Crippen molar-refractivity contribution in [1.82, 2.24) is 0 Å². The fourth-order valence-electron chi connectivity index (χ4n) is 5.15. The van der Waals surface area contributed by atoms with E-state index in [0.29, 0.717) is 0 Å². The summed E-state index contributed by atoms with van der Waals surface area (Å²) in [5.41, 5.74) is 7.45. The molecule has 0 heterocycles. The standard InChI is InChI=1S/C38H64N2Si2/c1-9-11-13-15-16-18-20-38(40-36-27-23-34(24-28-36)30-32-42(6,7)8)37(19-17-14-12-10-2)39-35-25-21-33(22-26-35)29-31-41(3,4)5/h21-28H,9-20,29-32H2,1-8H3. The highest BCUT2D eigenvalue weighted by Crippen LogP contribution is 2.23. The molecule has 0 atom stereocenters. The van der Waals surface area contributed by atoms with E-state index in [2.05, 4.69) is 102 Å². The van der Waals surface area contributed by atoms with Crippen molar-refractivity contribution < 1.29 is 0 Å². The summed E-state index contributed by atoms with van der Waals surface area (Å²) in [4.78, 5) is 10.6. The van der Waals surface area contributed by atoms with Crippen LogP contribution >= 0.6 is 0 Å². The van der Waals surface area contributed by atoms with E-state index in [1.165, 1.54) is 112 Å². The van der Waals surface area contributed by atoms with Crippen LogP contribution in [0.1, 0.15) is 102 Å². The summed E-state index contributed by atoms with van der Waals surface area (Å²) in [6.45, 7) is 19.3. The van der Waals surface area contributed by atoms with E-state index in [1.54, 1.807) is 0 Å². The zero-order chi connectivity index (χ0) is 30.8. The molecule has 0 radical (unpaired) electrons. The van der Waals surface area contributed by atoms with Crippen molar-refractivity contribution in [2.75, 3.05) is 0 Å². The topological polar surface area (TPSA) is 24.7 Å². The third-order valence-corrected chi connectivity index (χ3v) is 11.6. The summed E-state index contributed by atoms with van der Waals surface area (Å²) in [5.74, 6) is 0. The zero-order valence-electron chi connectivity index (χ0n) is 28.8. The summed E-state index contributed by atoms with van der Waals surface area (Å²) < 4.78 is 0. The van der Waals surface area contributed by atoms with E-state index in [-0.39, 0.29) is 0 Å². The molecule has 0 unspecified atom stereocenters. The SMILES string of the molecule is CCCCCCCCC(=Nc1ccc(CC[Si](C)(C)C)cc1)C(CCCCCC)=Nc1ccc(CC[Si](C)(C)C)cc1. The van der Waals surface area contributed by atoms with Gasteiger partial charge in [-0.1, -0.05) is 141 Å². The molecule has 2 rings (SSSR count). The van der Waals surface area contributed by atoms with Crippen LogP contribution in [0.25, 0.3) is 0 Å². The first kappa shape index (κ1) is 36.4. The quantitative estimate of drug-likeness (QED) is 0.0769. The largest absolute Gasteiger partial charge is 0.252 e. The van der Waals surface area contributed by atoms with Crippen molar-refractivity contribution in [3.8, 4) is 0 Å². The lowest BCUT2D eigenvalue weighted by Gasteiger charge is -2.15. The summed E-state index contributed by atoms with van der Waals surface area (Å²) in [6, 6.07) is 20.8. The van der Waals surface area contributed by atoms with Crippen LogP contribution in [0.5, 0.6) is 0 Å². The van der Waals surface area contributed by atoms with Crippen LogP contribution in [0.4, 0.5) is 11.4 Å². The lowest BCUT2D eigenvalue weighted by molar-refractivity contribution is 0.616. The molecule has 4 heteroatoms. The summed E-state index contributed by atoms with van der Waals surface area (Å²) in [6.07, 6.45) is 17.2. The molecule has 0 aliphatic heterocycles. The highest BCUT2D eigenvalue weighted by Gasteiger charge is 2.14. The third-order valence-electron chi connectivity index (χ3n) is 8.10. The van der Waals surface area contributed by atoms with Crippen LogP contribution in [0, 0.1) is 0 Å². The van der Waals surface area contributed by atoms with Gasteiger partial charge in [0.05, 0.1) is 22.8 Å². The Morgan fingerprint density at radius 1 is 0.476 bits per heavy atom. The Labute approximate surface area is 263 Å². The molecule has 0 N–H and O–H groups in total. The fourth-order valence-corrected chi connectivity index (χ4v) is 7.22. The minimum absolute atomic E-state index is 1.01. The highest BCUT2D eigenvalue weighted by molar-refractivity contribution is 6.76. The molecule has 2 aromatic carbocycles. The van der Waals surface area contributed by atoms with E-state index >= 15 is 0 Å². The van der Waals surface area contributed by atoms with Crippen LogP contribution in [-0.2, 0) is 12.8 Å². The molecule has 0 aliphatic carbocycles. The monoisotopic (exact) mass is 604 g/mol. The van der Waals surface area contributed by atoms with E-state index in [9.17, 15) is 0 Å². The average Bonchev–Trinajstić information content (AvgIpc) is 2.94. The van der Waals surface area contributed by atoms with Gasteiger partial charge in [0.25, 0.3) is 0 Å². The van der Waals surface area contributed by atoms with E-state index in [4.69, 9.17) is 9.98 Å². The molecule has 0 aliphatic rings. The van der Waals surface area contributed by atoms with Crippen molar-refractivity contribution >= 4 is 38.9 Å². The Bertz CT molecular complexity index is 1050. The van der Waals surface area contributed by atoms with Gasteiger partial charge in [-0.05, 0) is 73.9 Å². The van der Waals surface area contributed by atoms with Gasteiger partial charge in [-0.2, -0.15) is 0 Å². The fraction of sp³-hybridized carbons (Fsp3) is 0.632. The van der Waals surface area contributed by atoms with Gasteiger partial charge in [0, 0.05) is 16.1 Å². The molecule has 0 spiro atoms. The van der Waals surface area contributed by atoms with E-state index in [0.717, 1.165) is 24.2 Å². The number of hydrogen-bond acceptors (Lipinski definition) is 2. The number of nitrogens with zero attached hydrogens (tertiary/aromatic N) is 2. The van der Waals surface area contributed by atoms with Gasteiger partial charge < -0.3 is 0 Å². The maximum atomic E-state index is 5.31. The zero-order valence-corrected chi connectivity index (χ0v) is 30.8. The summed E-state index contributed by atoms with van der Waals surface area (Å²) in [7, 11) is -2.07. The Morgan fingerprint density at radius 2 is 0.810 bits per heavy atom. The van der Waals surface area contributed by atoms with Crippen LogP contribution in [0.15, 0.2) is 58.5 Å². The van der Waals surface area contributed by atoms with Crippen molar-refractivity contribution in [3.05, 3.63) is 59.7 Å². The number of aliphatic imine (C=N–C) groups is 2. The summed E-state index contributed by atoms with van der Waals surface area (Å²) >= 11 is 0. The Balaban J connectivity index is 2.32. The van der Waals surface area contributed by atoms with Crippen LogP contribution in [-0.4, -0.2) is 27.6 Å². The lowest BCUT2D eigenvalue weighted by atomic mass is 10.00. The molecular formula is C38H64N2Si2. The molecule has 2 nitrogen and oxygen atoms in total. The van der Waals surface area contributed by atoms with Gasteiger partial charge in [0.2, 0.25) is 0 Å². The van der Waals surface area contributed by atoms with E-state index in [1.807, 2.05) is 0 Å². The molecular weight excluding hydrogens is 541 g/mol. The van der Waals surface area contributed by atoms with Crippen LogP contribution in [0.3, 0.4) is 0 Å². The second kappa shape index (κ2) is 19.5. The number of hydrogen-bond donors (Lipinski definition) is 0. The smallest absolute Gasteiger partial charge is 0.0633 e. The molecule has 0 saturated carbocycles.